The van der Waals surface area contributed by atoms with E-state index in [0.717, 1.165) is 0 Å². The number of nitrogens with zero attached hydrogens (tertiary/aromatic N) is 1. The van der Waals surface area contributed by atoms with E-state index in [0.29, 0.717) is 16.2 Å². The number of carboxylic acids is 1. The average molecular weight is 489 g/mol. The van der Waals surface area contributed by atoms with Gasteiger partial charge >= 0.3 is 5.97 Å². The molecule has 0 aliphatic rings. The lowest BCUT2D eigenvalue weighted by molar-refractivity contribution is -0.145. The van der Waals surface area contributed by atoms with Crippen LogP contribution in [0.4, 0.5) is 14.5 Å². The molecule has 1 aromatic carbocycles. The third kappa shape index (κ3) is 8.33. The normalized spacial score (nSPS) is 13.5. The highest BCUT2D eigenvalue weighted by Gasteiger charge is 2.34. The minimum atomic E-state index is -2.94. The van der Waals surface area contributed by atoms with Gasteiger partial charge < -0.3 is 31.2 Å². The van der Waals surface area contributed by atoms with Crippen molar-refractivity contribution < 1.29 is 33.1 Å². The molecule has 33 heavy (non-hydrogen) atoms. The zero-order valence-corrected chi connectivity index (χ0v) is 18.9. The number of hydrogen-bond acceptors (Lipinski definition) is 6. The number of hydrogen-bond donors (Lipinski definition) is 4. The summed E-state index contributed by atoms with van der Waals surface area (Å²) in [5.41, 5.74) is 6.80. The van der Waals surface area contributed by atoms with Gasteiger partial charge in [0.15, 0.2) is 0 Å². The maximum atomic E-state index is 13.3. The quantitative estimate of drug-likeness (QED) is 0.245. The molecule has 1 rings (SSSR count). The summed E-state index contributed by atoms with van der Waals surface area (Å²) < 4.78 is 26.5. The highest BCUT2D eigenvalue weighted by Crippen LogP contribution is 2.23. The van der Waals surface area contributed by atoms with Crippen molar-refractivity contribution in [1.82, 2.24) is 15.5 Å². The summed E-state index contributed by atoms with van der Waals surface area (Å²) in [5, 5.41) is 14.1. The maximum absolute atomic E-state index is 13.3. The van der Waals surface area contributed by atoms with E-state index in [1.165, 1.54) is 26.0 Å². The summed E-state index contributed by atoms with van der Waals surface area (Å²) in [6.07, 6.45) is -3.45. The molecule has 1 aromatic rings. The van der Waals surface area contributed by atoms with E-state index < -0.39 is 55.3 Å². The number of benzene rings is 1. The molecule has 12 heteroatoms. The number of anilines is 1. The van der Waals surface area contributed by atoms with E-state index in [1.54, 1.807) is 6.07 Å². The minimum Gasteiger partial charge on any atom is -0.481 e. The summed E-state index contributed by atoms with van der Waals surface area (Å²) in [4.78, 5) is 48.2. The minimum absolute atomic E-state index is 0.0514. The molecule has 0 bridgehead atoms. The first kappa shape index (κ1) is 27.8. The number of nitrogen functional groups attached to an aromatic ring is 1. The Hall–Kier alpha value is -3.21. The van der Waals surface area contributed by atoms with Gasteiger partial charge in [-0.15, -0.1) is 0 Å². The standard InChI is InChI=1S/C21H27ClF2N4O5/c1-4-17(20(32)27-14(10-29)8-19(30)31)28(9-18(23)24)21(33)12(3)26-11(2)13-5-6-16(25)15(22)7-13/h5-7,10,12,14,17-18,26H,2,4,8-9,25H2,1,3H3,(H,27,32)(H,30,31)/t12-,14-,17-/m0/s1. The number of carbonyl (C=O) groups is 4. The molecule has 0 spiro atoms. The van der Waals surface area contributed by atoms with Crippen LogP contribution in [0.25, 0.3) is 5.70 Å². The topological polar surface area (TPSA) is 142 Å². The molecule has 9 nitrogen and oxygen atoms in total. The number of carbonyl (C=O) groups excluding carboxylic acids is 3. The average Bonchev–Trinajstić information content (AvgIpc) is 2.73. The molecule has 182 valence electrons. The van der Waals surface area contributed by atoms with Crippen LogP contribution in [0.3, 0.4) is 0 Å². The van der Waals surface area contributed by atoms with Crippen LogP contribution in [0.15, 0.2) is 24.8 Å². The molecule has 0 unspecified atom stereocenters. The van der Waals surface area contributed by atoms with Crippen molar-refractivity contribution in [3.8, 4) is 0 Å². The summed E-state index contributed by atoms with van der Waals surface area (Å²) in [7, 11) is 0. The first-order valence-electron chi connectivity index (χ1n) is 9.98. The van der Waals surface area contributed by atoms with Gasteiger partial charge in [-0.1, -0.05) is 31.2 Å². The van der Waals surface area contributed by atoms with E-state index in [4.69, 9.17) is 22.4 Å². The molecule has 0 radical (unpaired) electrons. The largest absolute Gasteiger partial charge is 0.481 e. The van der Waals surface area contributed by atoms with Crippen LogP contribution in [-0.2, 0) is 19.2 Å². The third-order valence-electron chi connectivity index (χ3n) is 4.68. The molecule has 0 aliphatic heterocycles. The van der Waals surface area contributed by atoms with Crippen molar-refractivity contribution in [3.05, 3.63) is 35.4 Å². The van der Waals surface area contributed by atoms with E-state index >= 15 is 0 Å². The van der Waals surface area contributed by atoms with Gasteiger partial charge in [-0.25, -0.2) is 8.78 Å². The Bertz CT molecular complexity index is 899. The second-order valence-electron chi connectivity index (χ2n) is 7.24. The molecular weight excluding hydrogens is 462 g/mol. The van der Waals surface area contributed by atoms with E-state index in [1.807, 2.05) is 0 Å². The SMILES string of the molecule is C=C(N[C@@H](C)C(=O)N(CC(F)F)[C@@H](CC)C(=O)N[C@H](C=O)CC(=O)O)c1ccc(N)c(Cl)c1. The van der Waals surface area contributed by atoms with Crippen molar-refractivity contribution in [3.63, 3.8) is 0 Å². The molecule has 0 fully saturated rings. The first-order chi connectivity index (χ1) is 15.4. The second kappa shape index (κ2) is 12.7. The van der Waals surface area contributed by atoms with Gasteiger partial charge in [0.05, 0.1) is 29.7 Å². The molecule has 5 N–H and O–H groups in total. The van der Waals surface area contributed by atoms with Crippen LogP contribution in [0.5, 0.6) is 0 Å². The molecule has 3 atom stereocenters. The smallest absolute Gasteiger partial charge is 0.305 e. The number of rotatable bonds is 13. The zero-order valence-electron chi connectivity index (χ0n) is 18.2. The van der Waals surface area contributed by atoms with Gasteiger partial charge in [0.25, 0.3) is 6.43 Å². The Morgan fingerprint density at radius 1 is 1.30 bits per heavy atom. The van der Waals surface area contributed by atoms with Crippen LogP contribution in [-0.4, -0.2) is 65.2 Å². The molecular formula is C21H27ClF2N4O5. The van der Waals surface area contributed by atoms with Crippen LogP contribution >= 0.6 is 11.6 Å². The van der Waals surface area contributed by atoms with Crippen LogP contribution in [0, 0.1) is 0 Å². The number of aldehydes is 1. The number of amides is 2. The van der Waals surface area contributed by atoms with Crippen molar-refractivity contribution >= 4 is 47.1 Å². The van der Waals surface area contributed by atoms with Crippen molar-refractivity contribution in [2.75, 3.05) is 12.3 Å². The number of carboxylic acid groups (broad SMARTS) is 1. The number of aliphatic carboxylic acids is 1. The predicted molar refractivity (Wildman–Crippen MR) is 120 cm³/mol. The maximum Gasteiger partial charge on any atom is 0.305 e. The van der Waals surface area contributed by atoms with Crippen LogP contribution in [0.2, 0.25) is 5.02 Å². The Balaban J connectivity index is 3.04. The second-order valence-corrected chi connectivity index (χ2v) is 7.64. The summed E-state index contributed by atoms with van der Waals surface area (Å²) in [6, 6.07) is 0.886. The predicted octanol–water partition coefficient (Wildman–Crippen LogP) is 1.90. The molecule has 2 amide bonds. The zero-order chi connectivity index (χ0) is 25.3. The molecule has 0 aliphatic carbocycles. The summed E-state index contributed by atoms with van der Waals surface area (Å²) >= 11 is 5.99. The molecule has 0 saturated heterocycles. The summed E-state index contributed by atoms with van der Waals surface area (Å²) in [5.74, 6) is -3.07. The first-order valence-corrected chi connectivity index (χ1v) is 10.4. The number of nitrogens with two attached hydrogens (primary N) is 1. The lowest BCUT2D eigenvalue weighted by Gasteiger charge is -2.33. The van der Waals surface area contributed by atoms with Gasteiger partial charge in [0, 0.05) is 5.70 Å². The summed E-state index contributed by atoms with van der Waals surface area (Å²) in [6.45, 7) is 5.68. The number of alkyl halides is 2. The van der Waals surface area contributed by atoms with Crippen LogP contribution < -0.4 is 16.4 Å². The fraction of sp³-hybridized carbons (Fsp3) is 0.429. The van der Waals surface area contributed by atoms with Crippen molar-refractivity contribution in [1.29, 1.82) is 0 Å². The Morgan fingerprint density at radius 3 is 2.42 bits per heavy atom. The Labute approximate surface area is 194 Å². The Kier molecular flexibility index (Phi) is 10.7. The van der Waals surface area contributed by atoms with Gasteiger partial charge in [0.2, 0.25) is 11.8 Å². The third-order valence-corrected chi connectivity index (χ3v) is 5.01. The van der Waals surface area contributed by atoms with Crippen molar-refractivity contribution in [2.24, 2.45) is 0 Å². The lowest BCUT2D eigenvalue weighted by atomic mass is 10.1. The van der Waals surface area contributed by atoms with Gasteiger partial charge in [-0.3, -0.25) is 14.4 Å². The molecule has 0 heterocycles. The van der Waals surface area contributed by atoms with E-state index in [9.17, 15) is 28.0 Å². The Morgan fingerprint density at radius 2 is 1.94 bits per heavy atom. The lowest BCUT2D eigenvalue weighted by Crippen LogP contribution is -2.56. The number of halogens is 3. The van der Waals surface area contributed by atoms with Crippen LogP contribution in [0.1, 0.15) is 32.3 Å². The molecule has 0 aromatic heterocycles. The highest BCUT2D eigenvalue weighted by molar-refractivity contribution is 6.33. The highest BCUT2D eigenvalue weighted by atomic mass is 35.5. The van der Waals surface area contributed by atoms with E-state index in [2.05, 4.69) is 17.2 Å². The van der Waals surface area contributed by atoms with Gasteiger partial charge in [0.1, 0.15) is 18.4 Å². The van der Waals surface area contributed by atoms with Gasteiger partial charge in [-0.2, -0.15) is 0 Å². The number of nitrogens with one attached hydrogen (secondary N) is 2. The molecule has 0 saturated carbocycles. The fourth-order valence-corrected chi connectivity index (χ4v) is 3.22. The monoisotopic (exact) mass is 488 g/mol. The van der Waals surface area contributed by atoms with Crippen molar-refractivity contribution in [2.45, 2.75) is 51.2 Å². The van der Waals surface area contributed by atoms with Gasteiger partial charge in [-0.05, 0) is 31.0 Å². The fourth-order valence-electron chi connectivity index (χ4n) is 3.04. The van der Waals surface area contributed by atoms with E-state index in [-0.39, 0.29) is 23.4 Å².